The van der Waals surface area contributed by atoms with Gasteiger partial charge in [-0.1, -0.05) is 0 Å². The van der Waals surface area contributed by atoms with Crippen LogP contribution in [0.2, 0.25) is 0 Å². The van der Waals surface area contributed by atoms with Crippen molar-refractivity contribution in [2.45, 2.75) is 32.6 Å². The monoisotopic (exact) mass is 326 g/mol. The molecule has 4 nitrogen and oxygen atoms in total. The van der Waals surface area contributed by atoms with Crippen LogP contribution in [-0.4, -0.2) is 30.1 Å². The number of aromatic amines is 1. The molecule has 0 aliphatic heterocycles. The van der Waals surface area contributed by atoms with Crippen molar-refractivity contribution in [1.29, 1.82) is 0 Å². The highest BCUT2D eigenvalue weighted by atomic mass is 19.3. The Labute approximate surface area is 131 Å². The number of carbonyl (C=O) groups is 2. The van der Waals surface area contributed by atoms with E-state index in [-0.39, 0.29) is 30.5 Å². The maximum Gasteiger partial charge on any atom is 0.295 e. The fourth-order valence-corrected chi connectivity index (χ4v) is 2.57. The number of aryl methyl sites for hydroxylation is 2. The molecule has 2 N–H and O–H groups in total. The number of ketones is 1. The molecule has 0 fully saturated rings. The van der Waals surface area contributed by atoms with Crippen LogP contribution >= 0.6 is 0 Å². The summed E-state index contributed by atoms with van der Waals surface area (Å²) in [5, 5.41) is 2.99. The van der Waals surface area contributed by atoms with Crippen LogP contribution in [0.5, 0.6) is 0 Å². The lowest BCUT2D eigenvalue weighted by Crippen LogP contribution is -2.19. The second-order valence-electron chi connectivity index (χ2n) is 5.35. The normalized spacial score (nSPS) is 11.2. The van der Waals surface area contributed by atoms with Crippen molar-refractivity contribution in [3.05, 3.63) is 34.8 Å². The summed E-state index contributed by atoms with van der Waals surface area (Å²) in [4.78, 5) is 25.7. The first-order chi connectivity index (χ1) is 10.8. The van der Waals surface area contributed by atoms with Gasteiger partial charge in [0.1, 0.15) is 11.5 Å². The smallest absolute Gasteiger partial charge is 0.295 e. The Morgan fingerprint density at radius 2 is 2.00 bits per heavy atom. The van der Waals surface area contributed by atoms with E-state index in [0.717, 1.165) is 0 Å². The number of alkyl halides is 2. The number of Topliss-reactive ketones (excluding diaryl/α,β-unsaturated/α-hetero) is 1. The largest absolute Gasteiger partial charge is 0.354 e. The van der Waals surface area contributed by atoms with Crippen LogP contribution < -0.4 is 5.32 Å². The lowest BCUT2D eigenvalue weighted by atomic mass is 10.0. The number of rotatable bonds is 6. The van der Waals surface area contributed by atoms with Crippen LogP contribution in [0.25, 0.3) is 10.9 Å². The molecule has 2 rings (SSSR count). The zero-order chi connectivity index (χ0) is 17.1. The summed E-state index contributed by atoms with van der Waals surface area (Å²) < 4.78 is 38.5. The van der Waals surface area contributed by atoms with Crippen molar-refractivity contribution in [2.24, 2.45) is 0 Å². The van der Waals surface area contributed by atoms with Gasteiger partial charge in [-0.25, -0.2) is 13.2 Å². The van der Waals surface area contributed by atoms with Crippen LogP contribution in [-0.2, 0) is 11.2 Å². The van der Waals surface area contributed by atoms with E-state index in [1.807, 2.05) is 0 Å². The average Bonchev–Trinajstić information content (AvgIpc) is 2.85. The fraction of sp³-hybridized carbons (Fsp3) is 0.375. The number of hydrogen-bond donors (Lipinski definition) is 2. The molecule has 0 saturated heterocycles. The van der Waals surface area contributed by atoms with Gasteiger partial charge in [0.25, 0.3) is 12.3 Å². The molecule has 0 radical (unpaired) electrons. The molecule has 0 atom stereocenters. The summed E-state index contributed by atoms with van der Waals surface area (Å²) >= 11 is 0. The number of fused-ring (bicyclic) bond motifs is 1. The van der Waals surface area contributed by atoms with E-state index >= 15 is 0 Å². The zero-order valence-electron chi connectivity index (χ0n) is 12.8. The molecule has 23 heavy (non-hydrogen) atoms. The van der Waals surface area contributed by atoms with E-state index in [2.05, 4.69) is 10.3 Å². The third kappa shape index (κ3) is 3.55. The molecule has 0 unspecified atom stereocenters. The Morgan fingerprint density at radius 3 is 2.61 bits per heavy atom. The predicted molar refractivity (Wildman–Crippen MR) is 80.3 cm³/mol. The number of carbonyl (C=O) groups excluding carboxylic acids is 2. The van der Waals surface area contributed by atoms with E-state index in [1.54, 1.807) is 13.0 Å². The Hall–Kier alpha value is -2.31. The highest BCUT2D eigenvalue weighted by Crippen LogP contribution is 2.27. The number of benzene rings is 1. The van der Waals surface area contributed by atoms with Crippen molar-refractivity contribution in [1.82, 2.24) is 10.3 Å². The Morgan fingerprint density at radius 1 is 1.30 bits per heavy atom. The van der Waals surface area contributed by atoms with Crippen molar-refractivity contribution in [2.75, 3.05) is 7.05 Å². The van der Waals surface area contributed by atoms with Gasteiger partial charge in [-0.05, 0) is 43.0 Å². The first-order valence-corrected chi connectivity index (χ1v) is 7.18. The van der Waals surface area contributed by atoms with E-state index in [9.17, 15) is 22.8 Å². The molecule has 0 spiro atoms. The molecule has 2 aromatic rings. The quantitative estimate of drug-likeness (QED) is 0.857. The SMILES string of the molecule is CNC(=O)c1[nH]c2c(F)cc(C)cc2c1CCCC(=O)C(F)F. The molecule has 1 aromatic heterocycles. The minimum Gasteiger partial charge on any atom is -0.354 e. The number of amides is 1. The van der Waals surface area contributed by atoms with E-state index < -0.39 is 23.9 Å². The molecule has 1 amide bonds. The van der Waals surface area contributed by atoms with Crippen molar-refractivity contribution < 1.29 is 22.8 Å². The predicted octanol–water partition coefficient (Wildman–Crippen LogP) is 3.13. The molecule has 0 bridgehead atoms. The van der Waals surface area contributed by atoms with Crippen molar-refractivity contribution in [3.8, 4) is 0 Å². The van der Waals surface area contributed by atoms with Gasteiger partial charge in [0.15, 0.2) is 5.78 Å². The number of hydrogen-bond acceptors (Lipinski definition) is 2. The average molecular weight is 326 g/mol. The standard InChI is InChI=1S/C16H17F3N2O2/c1-8-6-10-9(4-3-5-12(22)15(18)19)14(16(23)20-2)21-13(10)11(17)7-8/h6-7,15,21H,3-5H2,1-2H3,(H,20,23). The summed E-state index contributed by atoms with van der Waals surface area (Å²) in [6, 6.07) is 3.07. The number of halogens is 3. The first-order valence-electron chi connectivity index (χ1n) is 7.18. The summed E-state index contributed by atoms with van der Waals surface area (Å²) in [7, 11) is 1.44. The van der Waals surface area contributed by atoms with Crippen molar-refractivity contribution in [3.63, 3.8) is 0 Å². The molecule has 0 saturated carbocycles. The first kappa shape index (κ1) is 17.1. The minimum atomic E-state index is -2.99. The van der Waals surface area contributed by atoms with Gasteiger partial charge >= 0.3 is 0 Å². The number of nitrogens with one attached hydrogen (secondary N) is 2. The minimum absolute atomic E-state index is 0.162. The summed E-state index contributed by atoms with van der Waals surface area (Å²) in [5.41, 5.74) is 1.60. The lowest BCUT2D eigenvalue weighted by molar-refractivity contribution is -0.129. The second-order valence-corrected chi connectivity index (χ2v) is 5.35. The molecule has 7 heteroatoms. The maximum atomic E-state index is 14.0. The molecule has 124 valence electrons. The van der Waals surface area contributed by atoms with Crippen molar-refractivity contribution >= 4 is 22.6 Å². The van der Waals surface area contributed by atoms with Crippen LogP contribution in [0.3, 0.4) is 0 Å². The van der Waals surface area contributed by atoms with Gasteiger partial charge in [0, 0.05) is 18.9 Å². The van der Waals surface area contributed by atoms with Crippen LogP contribution in [0.1, 0.15) is 34.5 Å². The number of aromatic nitrogens is 1. The molecule has 1 aromatic carbocycles. The van der Waals surface area contributed by atoms with E-state index in [1.165, 1.54) is 13.1 Å². The van der Waals surface area contributed by atoms with Gasteiger partial charge in [-0.3, -0.25) is 9.59 Å². The van der Waals surface area contributed by atoms with Gasteiger partial charge in [0.05, 0.1) is 5.52 Å². The Kier molecular flexibility index (Phi) is 5.08. The Balaban J connectivity index is 2.38. The topological polar surface area (TPSA) is 62.0 Å². The molecule has 0 aliphatic rings. The highest BCUT2D eigenvalue weighted by Gasteiger charge is 2.20. The molecular formula is C16H17F3N2O2. The number of H-pyrrole nitrogens is 1. The van der Waals surface area contributed by atoms with Gasteiger partial charge in [0.2, 0.25) is 0 Å². The van der Waals surface area contributed by atoms with Crippen LogP contribution in [0.4, 0.5) is 13.2 Å². The van der Waals surface area contributed by atoms with Gasteiger partial charge < -0.3 is 10.3 Å². The highest BCUT2D eigenvalue weighted by molar-refractivity contribution is 6.01. The Bertz CT molecular complexity index is 753. The van der Waals surface area contributed by atoms with E-state index in [0.29, 0.717) is 16.5 Å². The molecular weight excluding hydrogens is 309 g/mol. The summed E-state index contributed by atoms with van der Waals surface area (Å²) in [6.07, 6.45) is -2.89. The van der Waals surface area contributed by atoms with E-state index in [4.69, 9.17) is 0 Å². The van der Waals surface area contributed by atoms with Gasteiger partial charge in [-0.15, -0.1) is 0 Å². The molecule has 0 aliphatic carbocycles. The van der Waals surface area contributed by atoms with Crippen LogP contribution in [0, 0.1) is 12.7 Å². The second kappa shape index (κ2) is 6.85. The maximum absolute atomic E-state index is 14.0. The fourth-order valence-electron chi connectivity index (χ4n) is 2.57. The molecule has 1 heterocycles. The third-order valence-electron chi connectivity index (χ3n) is 3.66. The lowest BCUT2D eigenvalue weighted by Gasteiger charge is -2.04. The summed E-state index contributed by atoms with van der Waals surface area (Å²) in [6.45, 7) is 1.72. The third-order valence-corrected chi connectivity index (χ3v) is 3.66. The van der Waals surface area contributed by atoms with Crippen LogP contribution in [0.15, 0.2) is 12.1 Å². The zero-order valence-corrected chi connectivity index (χ0v) is 12.8. The van der Waals surface area contributed by atoms with Gasteiger partial charge in [-0.2, -0.15) is 0 Å². The summed E-state index contributed by atoms with van der Waals surface area (Å²) in [5.74, 6) is -2.04.